The average Bonchev–Trinajstić information content (AvgIpc) is 2.42. The Morgan fingerprint density at radius 3 is 2.64 bits per heavy atom. The van der Waals surface area contributed by atoms with E-state index in [-0.39, 0.29) is 0 Å². The van der Waals surface area contributed by atoms with Crippen LogP contribution in [0.2, 0.25) is 0 Å². The van der Waals surface area contributed by atoms with E-state index >= 15 is 0 Å². The number of aromatic nitrogens is 2. The molecule has 4 heteroatoms. The van der Waals surface area contributed by atoms with Crippen molar-refractivity contribution in [3.05, 3.63) is 5.69 Å². The predicted molar refractivity (Wildman–Crippen MR) is 62.7 cm³/mol. The molecule has 1 aromatic heterocycles. The molecule has 0 aliphatic heterocycles. The van der Waals surface area contributed by atoms with Crippen LogP contribution in [0.1, 0.15) is 32.4 Å². The molecule has 0 spiro atoms. The quantitative estimate of drug-likeness (QED) is 0.765. The molecule has 0 fully saturated rings. The summed E-state index contributed by atoms with van der Waals surface area (Å²) in [6.07, 6.45) is 2.26. The van der Waals surface area contributed by atoms with Crippen molar-refractivity contribution in [3.8, 4) is 0 Å². The first-order chi connectivity index (χ1) is 6.70. The maximum absolute atomic E-state index is 5.97. The predicted octanol–water partition coefficient (Wildman–Crippen LogP) is 2.69. The molecule has 1 aromatic rings. The maximum Gasteiger partial charge on any atom is 0.117 e. The van der Waals surface area contributed by atoms with Crippen LogP contribution in [0.25, 0.3) is 0 Å². The summed E-state index contributed by atoms with van der Waals surface area (Å²) in [5.74, 6) is 1.11. The van der Waals surface area contributed by atoms with Crippen LogP contribution < -0.4 is 5.73 Å². The van der Waals surface area contributed by atoms with Crippen LogP contribution in [0.15, 0.2) is 5.03 Å². The fourth-order valence-corrected chi connectivity index (χ4v) is 2.27. The van der Waals surface area contributed by atoms with Crippen LogP contribution in [0.4, 0.5) is 5.69 Å². The number of nitrogens with zero attached hydrogens (tertiary/aromatic N) is 2. The van der Waals surface area contributed by atoms with Crippen molar-refractivity contribution in [2.45, 2.75) is 45.2 Å². The zero-order chi connectivity index (χ0) is 10.6. The fraction of sp³-hybridized carbons (Fsp3) is 0.700. The van der Waals surface area contributed by atoms with E-state index in [0.29, 0.717) is 0 Å². The lowest BCUT2D eigenvalue weighted by molar-refractivity contribution is 0.556. The smallest absolute Gasteiger partial charge is 0.117 e. The monoisotopic (exact) mass is 213 g/mol. The van der Waals surface area contributed by atoms with Crippen molar-refractivity contribution in [3.63, 3.8) is 0 Å². The van der Waals surface area contributed by atoms with Crippen LogP contribution >= 0.6 is 11.8 Å². The zero-order valence-corrected chi connectivity index (χ0v) is 10.0. The van der Waals surface area contributed by atoms with Crippen molar-refractivity contribution in [1.29, 1.82) is 0 Å². The zero-order valence-electron chi connectivity index (χ0n) is 9.21. The summed E-state index contributed by atoms with van der Waals surface area (Å²) in [6.45, 7) is 7.26. The van der Waals surface area contributed by atoms with Crippen molar-refractivity contribution < 1.29 is 0 Å². The number of aryl methyl sites for hydroxylation is 2. The SMILES string of the molecule is CCCSc1c(N)c(C)nn1CCC. The molecule has 0 aliphatic rings. The second-order valence-corrected chi connectivity index (χ2v) is 4.46. The van der Waals surface area contributed by atoms with Gasteiger partial charge in [0.05, 0.1) is 11.4 Å². The van der Waals surface area contributed by atoms with Gasteiger partial charge in [-0.25, -0.2) is 0 Å². The van der Waals surface area contributed by atoms with Gasteiger partial charge in [0, 0.05) is 6.54 Å². The lowest BCUT2D eigenvalue weighted by atomic mass is 10.4. The maximum atomic E-state index is 5.97. The van der Waals surface area contributed by atoms with E-state index in [4.69, 9.17) is 5.73 Å². The first-order valence-corrected chi connectivity index (χ1v) is 6.14. The number of hydrogen-bond acceptors (Lipinski definition) is 3. The molecule has 0 aromatic carbocycles. The van der Waals surface area contributed by atoms with Crippen molar-refractivity contribution >= 4 is 17.4 Å². The topological polar surface area (TPSA) is 43.8 Å². The largest absolute Gasteiger partial charge is 0.395 e. The molecule has 0 saturated carbocycles. The van der Waals surface area contributed by atoms with Gasteiger partial charge in [-0.3, -0.25) is 4.68 Å². The van der Waals surface area contributed by atoms with Crippen LogP contribution in [0.3, 0.4) is 0 Å². The molecule has 80 valence electrons. The summed E-state index contributed by atoms with van der Waals surface area (Å²) in [5.41, 5.74) is 7.78. The standard InChI is InChI=1S/C10H19N3S/c1-4-6-13-10(14-7-5-2)9(11)8(3)12-13/h4-7,11H2,1-3H3. The van der Waals surface area contributed by atoms with Gasteiger partial charge in [0.2, 0.25) is 0 Å². The van der Waals surface area contributed by atoms with E-state index in [1.165, 1.54) is 6.42 Å². The molecule has 2 N–H and O–H groups in total. The Hall–Kier alpha value is -0.640. The Bertz CT molecular complexity index is 294. The molecule has 14 heavy (non-hydrogen) atoms. The third-order valence-corrected chi connectivity index (χ3v) is 3.32. The number of anilines is 1. The third-order valence-electron chi connectivity index (χ3n) is 2.00. The minimum atomic E-state index is 0.858. The molecule has 3 nitrogen and oxygen atoms in total. The molecule has 1 heterocycles. The molecule has 0 saturated heterocycles. The summed E-state index contributed by atoms with van der Waals surface area (Å²) in [4.78, 5) is 0. The Morgan fingerprint density at radius 2 is 2.07 bits per heavy atom. The molecule has 0 aliphatic carbocycles. The Balaban J connectivity index is 2.85. The first kappa shape index (κ1) is 11.4. The molecule has 0 bridgehead atoms. The van der Waals surface area contributed by atoms with Gasteiger partial charge in [-0.1, -0.05) is 13.8 Å². The fourth-order valence-electron chi connectivity index (χ4n) is 1.29. The van der Waals surface area contributed by atoms with E-state index in [9.17, 15) is 0 Å². The van der Waals surface area contributed by atoms with E-state index in [2.05, 4.69) is 18.9 Å². The lowest BCUT2D eigenvalue weighted by Crippen LogP contribution is -2.01. The second-order valence-electron chi connectivity index (χ2n) is 3.38. The summed E-state index contributed by atoms with van der Waals surface area (Å²) in [5, 5.41) is 5.57. The molecule has 0 amide bonds. The summed E-state index contributed by atoms with van der Waals surface area (Å²) in [6, 6.07) is 0. The number of thioether (sulfide) groups is 1. The van der Waals surface area contributed by atoms with Gasteiger partial charge in [-0.2, -0.15) is 5.10 Å². The summed E-state index contributed by atoms with van der Waals surface area (Å²) in [7, 11) is 0. The van der Waals surface area contributed by atoms with Crippen LogP contribution in [-0.2, 0) is 6.54 Å². The Kier molecular flexibility index (Phi) is 4.32. The van der Waals surface area contributed by atoms with Crippen molar-refractivity contribution in [1.82, 2.24) is 9.78 Å². The Labute approximate surface area is 90.1 Å². The average molecular weight is 213 g/mol. The van der Waals surface area contributed by atoms with Gasteiger partial charge in [0.1, 0.15) is 5.03 Å². The van der Waals surface area contributed by atoms with E-state index < -0.39 is 0 Å². The highest BCUT2D eigenvalue weighted by atomic mass is 32.2. The Morgan fingerprint density at radius 1 is 1.36 bits per heavy atom. The van der Waals surface area contributed by atoms with Crippen LogP contribution in [0.5, 0.6) is 0 Å². The third kappa shape index (κ3) is 2.44. The number of rotatable bonds is 5. The molecular formula is C10H19N3S. The van der Waals surface area contributed by atoms with Gasteiger partial charge in [0.25, 0.3) is 0 Å². The lowest BCUT2D eigenvalue weighted by Gasteiger charge is -2.05. The molecular weight excluding hydrogens is 194 g/mol. The molecule has 0 unspecified atom stereocenters. The number of nitrogen functional groups attached to an aromatic ring is 1. The van der Waals surface area contributed by atoms with Crippen molar-refractivity contribution in [2.75, 3.05) is 11.5 Å². The number of nitrogens with two attached hydrogens (primary N) is 1. The van der Waals surface area contributed by atoms with E-state index in [1.54, 1.807) is 0 Å². The summed E-state index contributed by atoms with van der Waals surface area (Å²) >= 11 is 1.81. The van der Waals surface area contributed by atoms with Gasteiger partial charge in [-0.15, -0.1) is 11.8 Å². The van der Waals surface area contributed by atoms with Crippen LogP contribution in [-0.4, -0.2) is 15.5 Å². The normalized spacial score (nSPS) is 10.8. The highest BCUT2D eigenvalue weighted by molar-refractivity contribution is 7.99. The van der Waals surface area contributed by atoms with E-state index in [1.807, 2.05) is 23.4 Å². The first-order valence-electron chi connectivity index (χ1n) is 5.16. The van der Waals surface area contributed by atoms with Crippen molar-refractivity contribution in [2.24, 2.45) is 0 Å². The molecule has 0 radical (unpaired) electrons. The van der Waals surface area contributed by atoms with Crippen LogP contribution in [0, 0.1) is 6.92 Å². The van der Waals surface area contributed by atoms with Gasteiger partial charge in [-0.05, 0) is 25.5 Å². The highest BCUT2D eigenvalue weighted by Crippen LogP contribution is 2.28. The van der Waals surface area contributed by atoms with Gasteiger partial charge >= 0.3 is 0 Å². The second kappa shape index (κ2) is 5.29. The van der Waals surface area contributed by atoms with Gasteiger partial charge in [0.15, 0.2) is 0 Å². The van der Waals surface area contributed by atoms with Gasteiger partial charge < -0.3 is 5.73 Å². The minimum Gasteiger partial charge on any atom is -0.395 e. The molecule has 1 rings (SSSR count). The summed E-state index contributed by atoms with van der Waals surface area (Å²) < 4.78 is 2.03. The van der Waals surface area contributed by atoms with E-state index in [0.717, 1.165) is 35.1 Å². The number of hydrogen-bond donors (Lipinski definition) is 1. The minimum absolute atomic E-state index is 0.858. The highest BCUT2D eigenvalue weighted by Gasteiger charge is 2.11. The molecule has 0 atom stereocenters.